The van der Waals surface area contributed by atoms with E-state index < -0.39 is 0 Å². The van der Waals surface area contributed by atoms with Gasteiger partial charge in [0.2, 0.25) is 0 Å². The summed E-state index contributed by atoms with van der Waals surface area (Å²) in [5, 5.41) is 1.70. The van der Waals surface area contributed by atoms with Crippen molar-refractivity contribution >= 4 is 0 Å². The van der Waals surface area contributed by atoms with Gasteiger partial charge in [-0.1, -0.05) is 0 Å². The summed E-state index contributed by atoms with van der Waals surface area (Å²) >= 11 is 0. The molecule has 2 aliphatic heterocycles. The molecule has 0 aromatic rings. The monoisotopic (exact) mass is 155 g/mol. The summed E-state index contributed by atoms with van der Waals surface area (Å²) in [4.78, 5) is 2.28. The Bertz CT molecular complexity index is 171. The Morgan fingerprint density at radius 2 is 2.36 bits per heavy atom. The van der Waals surface area contributed by atoms with Crippen molar-refractivity contribution in [1.29, 1.82) is 0 Å². The molecule has 0 aromatic carbocycles. The molecule has 0 saturated carbocycles. The van der Waals surface area contributed by atoms with Crippen molar-refractivity contribution in [2.45, 2.75) is 6.04 Å². The van der Waals surface area contributed by atoms with Crippen molar-refractivity contribution in [3.05, 3.63) is 12.4 Å². The number of hydrogen-bond acceptors (Lipinski definition) is 4. The second-order valence-corrected chi connectivity index (χ2v) is 2.96. The molecule has 11 heavy (non-hydrogen) atoms. The molecule has 0 unspecified atom stereocenters. The Labute approximate surface area is 66.2 Å². The van der Waals surface area contributed by atoms with Crippen LogP contribution in [0.5, 0.6) is 0 Å². The molecule has 2 rings (SSSR count). The van der Waals surface area contributed by atoms with Crippen molar-refractivity contribution < 1.29 is 4.74 Å². The first-order valence-corrected chi connectivity index (χ1v) is 3.89. The summed E-state index contributed by atoms with van der Waals surface area (Å²) in [6.45, 7) is 3.51. The van der Waals surface area contributed by atoms with Crippen LogP contribution < -0.4 is 5.84 Å². The predicted octanol–water partition coefficient (Wildman–Crippen LogP) is -0.652. The molecule has 2 heterocycles. The first kappa shape index (κ1) is 6.94. The van der Waals surface area contributed by atoms with E-state index in [0.29, 0.717) is 6.04 Å². The maximum Gasteiger partial charge on any atom is 0.0710 e. The van der Waals surface area contributed by atoms with E-state index in [2.05, 4.69) is 4.90 Å². The SMILES string of the molecule is NN1C=CN2CCOC[C@@H]2C1. The van der Waals surface area contributed by atoms with Crippen LogP contribution in [0.1, 0.15) is 0 Å². The maximum absolute atomic E-state index is 5.61. The van der Waals surface area contributed by atoms with E-state index in [4.69, 9.17) is 10.6 Å². The van der Waals surface area contributed by atoms with Gasteiger partial charge in [0.1, 0.15) is 0 Å². The van der Waals surface area contributed by atoms with Gasteiger partial charge < -0.3 is 14.6 Å². The van der Waals surface area contributed by atoms with E-state index in [1.54, 1.807) is 5.01 Å². The third-order valence-electron chi connectivity index (χ3n) is 2.14. The first-order valence-electron chi connectivity index (χ1n) is 3.89. The van der Waals surface area contributed by atoms with E-state index in [-0.39, 0.29) is 0 Å². The van der Waals surface area contributed by atoms with Crippen LogP contribution in [0, 0.1) is 0 Å². The van der Waals surface area contributed by atoms with E-state index in [9.17, 15) is 0 Å². The van der Waals surface area contributed by atoms with Gasteiger partial charge in [-0.25, -0.2) is 5.84 Å². The molecule has 0 aromatic heterocycles. The highest BCUT2D eigenvalue weighted by Gasteiger charge is 2.23. The minimum atomic E-state index is 0.457. The van der Waals surface area contributed by atoms with E-state index in [1.807, 2.05) is 12.4 Å². The minimum Gasteiger partial charge on any atom is -0.377 e. The maximum atomic E-state index is 5.61. The van der Waals surface area contributed by atoms with E-state index in [1.165, 1.54) is 0 Å². The smallest absolute Gasteiger partial charge is 0.0710 e. The van der Waals surface area contributed by atoms with Crippen LogP contribution in [-0.4, -0.2) is 42.3 Å². The van der Waals surface area contributed by atoms with E-state index >= 15 is 0 Å². The Kier molecular flexibility index (Phi) is 1.71. The number of morpholine rings is 1. The number of hydrogen-bond donors (Lipinski definition) is 1. The fourth-order valence-corrected chi connectivity index (χ4v) is 1.50. The number of rotatable bonds is 0. The van der Waals surface area contributed by atoms with Crippen LogP contribution in [0.2, 0.25) is 0 Å². The van der Waals surface area contributed by atoms with Crippen LogP contribution in [0.4, 0.5) is 0 Å². The summed E-state index contributed by atoms with van der Waals surface area (Å²) in [7, 11) is 0. The molecule has 1 saturated heterocycles. The summed E-state index contributed by atoms with van der Waals surface area (Å²) < 4.78 is 5.33. The molecule has 1 atom stereocenters. The lowest BCUT2D eigenvalue weighted by Gasteiger charge is -2.39. The van der Waals surface area contributed by atoms with Gasteiger partial charge in [0, 0.05) is 18.9 Å². The van der Waals surface area contributed by atoms with Gasteiger partial charge in [0.15, 0.2) is 0 Å². The number of fused-ring (bicyclic) bond motifs is 1. The number of ether oxygens (including phenoxy) is 1. The number of nitrogens with zero attached hydrogens (tertiary/aromatic N) is 2. The molecule has 1 fully saturated rings. The van der Waals surface area contributed by atoms with Gasteiger partial charge in [-0.2, -0.15) is 0 Å². The second kappa shape index (κ2) is 2.71. The van der Waals surface area contributed by atoms with Gasteiger partial charge in [0.05, 0.1) is 25.8 Å². The van der Waals surface area contributed by atoms with Crippen LogP contribution in [0.3, 0.4) is 0 Å². The summed E-state index contributed by atoms with van der Waals surface area (Å²) in [5.41, 5.74) is 0. The van der Waals surface area contributed by atoms with Gasteiger partial charge in [-0.15, -0.1) is 0 Å². The molecule has 2 N–H and O–H groups in total. The van der Waals surface area contributed by atoms with Crippen LogP contribution in [0.25, 0.3) is 0 Å². The Morgan fingerprint density at radius 3 is 3.27 bits per heavy atom. The number of nitrogens with two attached hydrogens (primary N) is 1. The zero-order chi connectivity index (χ0) is 7.68. The van der Waals surface area contributed by atoms with Crippen LogP contribution in [0.15, 0.2) is 12.4 Å². The summed E-state index contributed by atoms with van der Waals surface area (Å²) in [5.74, 6) is 5.61. The van der Waals surface area contributed by atoms with E-state index in [0.717, 1.165) is 26.3 Å². The van der Waals surface area contributed by atoms with Gasteiger partial charge in [-0.3, -0.25) is 0 Å². The highest BCUT2D eigenvalue weighted by Crippen LogP contribution is 2.11. The fraction of sp³-hybridized carbons (Fsp3) is 0.714. The molecule has 0 spiro atoms. The van der Waals surface area contributed by atoms with Crippen LogP contribution >= 0.6 is 0 Å². The van der Waals surface area contributed by atoms with Crippen molar-refractivity contribution in [1.82, 2.24) is 9.91 Å². The third-order valence-corrected chi connectivity index (χ3v) is 2.14. The lowest BCUT2D eigenvalue weighted by atomic mass is 10.2. The fourth-order valence-electron chi connectivity index (χ4n) is 1.50. The molecule has 4 nitrogen and oxygen atoms in total. The average molecular weight is 155 g/mol. The topological polar surface area (TPSA) is 41.7 Å². The Hall–Kier alpha value is -0.740. The average Bonchev–Trinajstić information content (AvgIpc) is 2.04. The number of hydrazine groups is 1. The highest BCUT2D eigenvalue weighted by molar-refractivity contribution is 4.94. The standard InChI is InChI=1S/C7H13N3O/c8-10-2-1-9-3-4-11-6-7(9)5-10/h1-2,7H,3-6,8H2/t7-/m0/s1. The highest BCUT2D eigenvalue weighted by atomic mass is 16.5. The predicted molar refractivity (Wildman–Crippen MR) is 41.3 cm³/mol. The van der Waals surface area contributed by atoms with Gasteiger partial charge >= 0.3 is 0 Å². The molecule has 0 radical (unpaired) electrons. The molecule has 0 bridgehead atoms. The molecule has 4 heteroatoms. The lowest BCUT2D eigenvalue weighted by Crippen LogP contribution is -2.52. The van der Waals surface area contributed by atoms with Crippen LogP contribution in [-0.2, 0) is 4.74 Å². The molecular formula is C7H13N3O. The van der Waals surface area contributed by atoms with Crippen molar-refractivity contribution in [3.63, 3.8) is 0 Å². The third kappa shape index (κ3) is 1.32. The largest absolute Gasteiger partial charge is 0.377 e. The summed E-state index contributed by atoms with van der Waals surface area (Å²) in [6, 6.07) is 0.457. The van der Waals surface area contributed by atoms with Crippen molar-refractivity contribution in [3.8, 4) is 0 Å². The van der Waals surface area contributed by atoms with Gasteiger partial charge in [-0.05, 0) is 0 Å². The lowest BCUT2D eigenvalue weighted by molar-refractivity contribution is -0.000887. The zero-order valence-electron chi connectivity index (χ0n) is 6.44. The first-order chi connectivity index (χ1) is 5.36. The Balaban J connectivity index is 2.05. The zero-order valence-corrected chi connectivity index (χ0v) is 6.44. The molecule has 0 amide bonds. The quantitative estimate of drug-likeness (QED) is 0.472. The normalized spacial score (nSPS) is 30.5. The van der Waals surface area contributed by atoms with Crippen molar-refractivity contribution in [2.24, 2.45) is 5.84 Å². The molecule has 2 aliphatic rings. The molecule has 0 aliphatic carbocycles. The minimum absolute atomic E-state index is 0.457. The summed E-state index contributed by atoms with van der Waals surface area (Å²) in [6.07, 6.45) is 3.94. The van der Waals surface area contributed by atoms with Gasteiger partial charge in [0.25, 0.3) is 0 Å². The molecule has 62 valence electrons. The van der Waals surface area contributed by atoms with Crippen molar-refractivity contribution in [2.75, 3.05) is 26.3 Å². The molecular weight excluding hydrogens is 142 g/mol. The second-order valence-electron chi connectivity index (χ2n) is 2.96. The Morgan fingerprint density at radius 1 is 1.45 bits per heavy atom.